The summed E-state index contributed by atoms with van der Waals surface area (Å²) in [5.41, 5.74) is 0.491. The lowest BCUT2D eigenvalue weighted by Crippen LogP contribution is -2.14. The summed E-state index contributed by atoms with van der Waals surface area (Å²) in [4.78, 5) is 5.40. The number of nitrogens with one attached hydrogen (secondary N) is 1. The van der Waals surface area contributed by atoms with Crippen LogP contribution in [0.4, 0.5) is 5.13 Å². The van der Waals surface area contributed by atoms with E-state index >= 15 is 0 Å². The number of nitrogens with zero attached hydrogens (tertiary/aromatic N) is 2. The SMILES string of the molecule is COc1cccc(SCc2nsc(NS(=O)(=O)c3cccc(Cl)c3C)n2)c1. The maximum absolute atomic E-state index is 12.6. The summed E-state index contributed by atoms with van der Waals surface area (Å²) < 4.78 is 37.1. The minimum Gasteiger partial charge on any atom is -0.497 e. The highest BCUT2D eigenvalue weighted by atomic mass is 35.5. The Morgan fingerprint density at radius 3 is 2.81 bits per heavy atom. The molecule has 0 aliphatic heterocycles. The van der Waals surface area contributed by atoms with Crippen LogP contribution in [-0.4, -0.2) is 24.9 Å². The Balaban J connectivity index is 1.69. The van der Waals surface area contributed by atoms with Crippen molar-refractivity contribution in [2.75, 3.05) is 11.8 Å². The molecule has 0 spiro atoms. The highest BCUT2D eigenvalue weighted by Gasteiger charge is 2.20. The molecule has 1 aromatic heterocycles. The average Bonchev–Trinajstić information content (AvgIpc) is 3.09. The summed E-state index contributed by atoms with van der Waals surface area (Å²) in [5, 5.41) is 0.612. The zero-order valence-electron chi connectivity index (χ0n) is 14.5. The van der Waals surface area contributed by atoms with E-state index in [0.29, 0.717) is 22.2 Å². The zero-order chi connectivity index (χ0) is 19.4. The summed E-state index contributed by atoms with van der Waals surface area (Å²) in [6.07, 6.45) is 0. The number of anilines is 1. The Hall–Kier alpha value is -1.81. The van der Waals surface area contributed by atoms with Gasteiger partial charge in [-0.15, -0.1) is 11.8 Å². The number of methoxy groups -OCH3 is 1. The van der Waals surface area contributed by atoms with Crippen LogP contribution in [0, 0.1) is 6.92 Å². The summed E-state index contributed by atoms with van der Waals surface area (Å²) in [6.45, 7) is 1.66. The van der Waals surface area contributed by atoms with Crippen LogP contribution in [0.5, 0.6) is 5.75 Å². The molecule has 0 aliphatic carbocycles. The molecule has 2 aromatic carbocycles. The maximum atomic E-state index is 12.6. The number of benzene rings is 2. The molecule has 0 saturated heterocycles. The fourth-order valence-electron chi connectivity index (χ4n) is 2.24. The van der Waals surface area contributed by atoms with Crippen LogP contribution in [0.3, 0.4) is 0 Å². The second-order valence-corrected chi connectivity index (χ2v) is 9.31. The summed E-state index contributed by atoms with van der Waals surface area (Å²) in [7, 11) is -2.16. The van der Waals surface area contributed by atoms with Crippen LogP contribution < -0.4 is 9.46 Å². The summed E-state index contributed by atoms with van der Waals surface area (Å²) >= 11 is 8.56. The molecule has 1 N–H and O–H groups in total. The molecular weight excluding hydrogens is 426 g/mol. The van der Waals surface area contributed by atoms with E-state index in [9.17, 15) is 8.42 Å². The molecule has 0 bridgehead atoms. The van der Waals surface area contributed by atoms with E-state index in [-0.39, 0.29) is 10.0 Å². The van der Waals surface area contributed by atoms with Crippen LogP contribution in [-0.2, 0) is 15.8 Å². The molecule has 0 radical (unpaired) electrons. The molecule has 3 rings (SSSR count). The Morgan fingerprint density at radius 1 is 1.26 bits per heavy atom. The third-order valence-corrected chi connectivity index (χ3v) is 7.29. The number of aromatic nitrogens is 2. The number of thioether (sulfide) groups is 1. The molecule has 6 nitrogen and oxygen atoms in total. The maximum Gasteiger partial charge on any atom is 0.264 e. The van der Waals surface area contributed by atoms with E-state index in [1.165, 1.54) is 6.07 Å². The largest absolute Gasteiger partial charge is 0.497 e. The molecule has 27 heavy (non-hydrogen) atoms. The number of rotatable bonds is 7. The van der Waals surface area contributed by atoms with Gasteiger partial charge in [-0.3, -0.25) is 4.72 Å². The van der Waals surface area contributed by atoms with Crippen molar-refractivity contribution in [1.29, 1.82) is 0 Å². The Labute approximate surface area is 171 Å². The topological polar surface area (TPSA) is 81.2 Å². The van der Waals surface area contributed by atoms with Gasteiger partial charge in [0.15, 0.2) is 5.82 Å². The molecule has 3 aromatic rings. The van der Waals surface area contributed by atoms with Crippen molar-refractivity contribution < 1.29 is 13.2 Å². The lowest BCUT2D eigenvalue weighted by molar-refractivity contribution is 0.413. The number of hydrogen-bond acceptors (Lipinski definition) is 7. The van der Waals surface area contributed by atoms with E-state index < -0.39 is 10.0 Å². The van der Waals surface area contributed by atoms with Crippen molar-refractivity contribution in [3.63, 3.8) is 0 Å². The van der Waals surface area contributed by atoms with Gasteiger partial charge in [-0.2, -0.15) is 4.37 Å². The van der Waals surface area contributed by atoms with E-state index in [2.05, 4.69) is 14.1 Å². The molecule has 1 heterocycles. The quantitative estimate of drug-likeness (QED) is 0.539. The average molecular weight is 442 g/mol. The second-order valence-electron chi connectivity index (χ2n) is 5.45. The Kier molecular flexibility index (Phi) is 6.25. The van der Waals surface area contributed by atoms with E-state index in [1.807, 2.05) is 24.3 Å². The smallest absolute Gasteiger partial charge is 0.264 e. The second kappa shape index (κ2) is 8.47. The molecule has 0 unspecified atom stereocenters. The van der Waals surface area contributed by atoms with Crippen LogP contribution >= 0.6 is 34.9 Å². The van der Waals surface area contributed by atoms with Crippen molar-refractivity contribution in [2.24, 2.45) is 0 Å². The van der Waals surface area contributed by atoms with E-state index in [0.717, 1.165) is 22.2 Å². The number of hydrogen-bond donors (Lipinski definition) is 1. The lowest BCUT2D eigenvalue weighted by atomic mass is 10.2. The fraction of sp³-hybridized carbons (Fsp3) is 0.176. The van der Waals surface area contributed by atoms with Gasteiger partial charge in [0.1, 0.15) is 5.75 Å². The highest BCUT2D eigenvalue weighted by molar-refractivity contribution is 7.98. The van der Waals surface area contributed by atoms with Gasteiger partial charge >= 0.3 is 0 Å². The molecule has 142 valence electrons. The first-order valence-corrected chi connectivity index (χ1v) is 11.4. The van der Waals surface area contributed by atoms with Crippen molar-refractivity contribution in [3.8, 4) is 5.75 Å². The number of halogens is 1. The zero-order valence-corrected chi connectivity index (χ0v) is 17.7. The molecule has 10 heteroatoms. The minimum atomic E-state index is -3.78. The van der Waals surface area contributed by atoms with Crippen molar-refractivity contribution in [1.82, 2.24) is 9.36 Å². The van der Waals surface area contributed by atoms with Crippen LogP contribution in [0.25, 0.3) is 0 Å². The van der Waals surface area contributed by atoms with Crippen LogP contribution in [0.15, 0.2) is 52.3 Å². The molecule has 0 atom stereocenters. The lowest BCUT2D eigenvalue weighted by Gasteiger charge is -2.08. The number of ether oxygens (including phenoxy) is 1. The van der Waals surface area contributed by atoms with Gasteiger partial charge in [-0.25, -0.2) is 13.4 Å². The normalized spacial score (nSPS) is 11.4. The first kappa shape index (κ1) is 19.9. The third-order valence-electron chi connectivity index (χ3n) is 3.61. The van der Waals surface area contributed by atoms with E-state index in [1.54, 1.807) is 37.9 Å². The predicted octanol–water partition coefficient (Wildman–Crippen LogP) is 4.60. The number of sulfonamides is 1. The first-order valence-electron chi connectivity index (χ1n) is 7.76. The molecule has 0 amide bonds. The molecule has 0 aliphatic rings. The van der Waals surface area contributed by atoms with Gasteiger partial charge in [-0.1, -0.05) is 23.7 Å². The standard InChI is InChI=1S/C17H16ClN3O3S3/c1-11-14(18)7-4-8-15(11)27(22,23)21-17-19-16(20-26-17)10-25-13-6-3-5-12(9-13)24-2/h3-9H,10H2,1-2H3,(H,19,20,21). The van der Waals surface area contributed by atoms with Gasteiger partial charge < -0.3 is 4.74 Å². The van der Waals surface area contributed by atoms with Gasteiger partial charge in [0.25, 0.3) is 10.0 Å². The van der Waals surface area contributed by atoms with Crippen LogP contribution in [0.1, 0.15) is 11.4 Å². The Morgan fingerprint density at radius 2 is 2.04 bits per heavy atom. The monoisotopic (exact) mass is 441 g/mol. The fourth-order valence-corrected chi connectivity index (χ4v) is 5.43. The van der Waals surface area contributed by atoms with Gasteiger partial charge in [-0.05, 0) is 42.8 Å². The minimum absolute atomic E-state index is 0.123. The summed E-state index contributed by atoms with van der Waals surface area (Å²) in [6, 6.07) is 12.4. The van der Waals surface area contributed by atoms with Gasteiger partial charge in [0.2, 0.25) is 5.13 Å². The third kappa shape index (κ3) is 4.92. The van der Waals surface area contributed by atoms with Gasteiger partial charge in [0, 0.05) is 21.5 Å². The van der Waals surface area contributed by atoms with Crippen LogP contribution in [0.2, 0.25) is 5.02 Å². The van der Waals surface area contributed by atoms with Gasteiger partial charge in [0.05, 0.1) is 17.8 Å². The van der Waals surface area contributed by atoms with Crippen molar-refractivity contribution in [2.45, 2.75) is 22.5 Å². The molecular formula is C17H16ClN3O3S3. The first-order chi connectivity index (χ1) is 12.9. The Bertz CT molecular complexity index is 1050. The predicted molar refractivity (Wildman–Crippen MR) is 109 cm³/mol. The summed E-state index contributed by atoms with van der Waals surface area (Å²) in [5.74, 6) is 1.84. The highest BCUT2D eigenvalue weighted by Crippen LogP contribution is 2.28. The van der Waals surface area contributed by atoms with Crippen molar-refractivity contribution in [3.05, 3.63) is 58.9 Å². The molecule has 0 fully saturated rings. The van der Waals surface area contributed by atoms with E-state index in [4.69, 9.17) is 16.3 Å². The molecule has 0 saturated carbocycles. The van der Waals surface area contributed by atoms with Crippen molar-refractivity contribution >= 4 is 50.1 Å².